The molecule has 3 rings (SSSR count). The maximum atomic E-state index is 14.1. The van der Waals surface area contributed by atoms with Gasteiger partial charge in [0.05, 0.1) is 16.3 Å². The molecule has 0 fully saturated rings. The van der Waals surface area contributed by atoms with Gasteiger partial charge in [-0.15, -0.1) is 0 Å². The third kappa shape index (κ3) is 3.87. The number of aromatic amines is 1. The first-order chi connectivity index (χ1) is 12.3. The highest BCUT2D eigenvalue weighted by molar-refractivity contribution is 8.00. The topological polar surface area (TPSA) is 78.2 Å². The summed E-state index contributed by atoms with van der Waals surface area (Å²) in [6, 6.07) is 6.37. The number of benzene rings is 1. The Hall–Kier alpha value is -2.43. The van der Waals surface area contributed by atoms with Crippen LogP contribution >= 0.6 is 23.4 Å². The van der Waals surface area contributed by atoms with Crippen LogP contribution in [-0.2, 0) is 0 Å². The Labute approximate surface area is 159 Å². The lowest BCUT2D eigenvalue weighted by Crippen LogP contribution is -2.08. The van der Waals surface area contributed by atoms with Crippen molar-refractivity contribution in [3.05, 3.63) is 47.1 Å². The first kappa shape index (κ1) is 18.4. The van der Waals surface area contributed by atoms with Gasteiger partial charge in [0.1, 0.15) is 17.7 Å². The smallest absolute Gasteiger partial charge is 0.188 e. The number of nitriles is 1. The third-order valence-corrected chi connectivity index (χ3v) is 4.64. The minimum atomic E-state index is -0.518. The quantitative estimate of drug-likeness (QED) is 0.500. The standard InChI is InChI=1S/C18H15ClFN5S/c1-18(2,3)26-17-22-8-10(9-23-17)15-13(7-21)24-16(25-15)14-11(19)5-4-6-12(14)20/h4-6,8-9H,1-3H3,(H,24,25). The number of nitrogens with one attached hydrogen (secondary N) is 1. The average Bonchev–Trinajstić information content (AvgIpc) is 2.98. The molecule has 0 aliphatic heterocycles. The largest absolute Gasteiger partial charge is 0.337 e. The number of H-pyrrole nitrogens is 1. The van der Waals surface area contributed by atoms with Crippen molar-refractivity contribution in [1.29, 1.82) is 5.26 Å². The number of aromatic nitrogens is 4. The van der Waals surface area contributed by atoms with E-state index >= 15 is 0 Å². The van der Waals surface area contributed by atoms with Gasteiger partial charge in [-0.05, 0) is 12.1 Å². The van der Waals surface area contributed by atoms with Gasteiger partial charge < -0.3 is 4.98 Å². The molecule has 0 amide bonds. The summed E-state index contributed by atoms with van der Waals surface area (Å²) in [5.41, 5.74) is 1.26. The summed E-state index contributed by atoms with van der Waals surface area (Å²) in [7, 11) is 0. The zero-order valence-electron chi connectivity index (χ0n) is 14.3. The van der Waals surface area contributed by atoms with E-state index in [9.17, 15) is 9.65 Å². The summed E-state index contributed by atoms with van der Waals surface area (Å²) in [5, 5.41) is 10.2. The SMILES string of the molecule is CC(C)(C)Sc1ncc(-c2[nH]c(-c3c(F)cccc3Cl)nc2C#N)cn1. The minimum Gasteiger partial charge on any atom is -0.337 e. The van der Waals surface area contributed by atoms with E-state index in [1.165, 1.54) is 12.1 Å². The molecule has 1 N–H and O–H groups in total. The molecular formula is C18H15ClFN5S. The van der Waals surface area contributed by atoms with Crippen LogP contribution in [0.2, 0.25) is 5.02 Å². The summed E-state index contributed by atoms with van der Waals surface area (Å²) in [4.78, 5) is 15.8. The summed E-state index contributed by atoms with van der Waals surface area (Å²) >= 11 is 7.63. The Balaban J connectivity index is 2.02. The molecule has 132 valence electrons. The van der Waals surface area contributed by atoms with E-state index in [2.05, 4.69) is 40.7 Å². The van der Waals surface area contributed by atoms with Crippen LogP contribution in [0.5, 0.6) is 0 Å². The Kier molecular flexibility index (Phi) is 4.99. The van der Waals surface area contributed by atoms with Gasteiger partial charge in [-0.1, -0.05) is 50.2 Å². The van der Waals surface area contributed by atoms with Crippen molar-refractivity contribution >= 4 is 23.4 Å². The van der Waals surface area contributed by atoms with E-state index in [0.717, 1.165) is 0 Å². The van der Waals surface area contributed by atoms with Gasteiger partial charge in [0.25, 0.3) is 0 Å². The normalized spacial score (nSPS) is 11.4. The van der Waals surface area contributed by atoms with Gasteiger partial charge in [-0.25, -0.2) is 19.3 Å². The molecule has 0 saturated carbocycles. The van der Waals surface area contributed by atoms with Crippen molar-refractivity contribution in [3.8, 4) is 28.7 Å². The lowest BCUT2D eigenvalue weighted by molar-refractivity contribution is 0.630. The molecule has 2 heterocycles. The van der Waals surface area contributed by atoms with E-state index in [-0.39, 0.29) is 26.9 Å². The highest BCUT2D eigenvalue weighted by atomic mass is 35.5. The number of halogens is 2. The van der Waals surface area contributed by atoms with E-state index in [1.54, 1.807) is 30.2 Å². The second kappa shape index (κ2) is 7.06. The molecule has 0 radical (unpaired) electrons. The van der Waals surface area contributed by atoms with Crippen LogP contribution in [0, 0.1) is 17.1 Å². The lowest BCUT2D eigenvalue weighted by Gasteiger charge is -2.15. The average molecular weight is 388 g/mol. The first-order valence-corrected chi connectivity index (χ1v) is 8.94. The van der Waals surface area contributed by atoms with Crippen molar-refractivity contribution in [2.75, 3.05) is 0 Å². The molecule has 2 aromatic heterocycles. The summed E-state index contributed by atoms with van der Waals surface area (Å²) in [5.74, 6) is -0.330. The van der Waals surface area contributed by atoms with Crippen molar-refractivity contribution < 1.29 is 4.39 Å². The van der Waals surface area contributed by atoms with Crippen LogP contribution in [-0.4, -0.2) is 24.7 Å². The van der Waals surface area contributed by atoms with Gasteiger partial charge in [0.15, 0.2) is 10.9 Å². The van der Waals surface area contributed by atoms with Gasteiger partial charge in [0.2, 0.25) is 0 Å². The van der Waals surface area contributed by atoms with Crippen molar-refractivity contribution in [3.63, 3.8) is 0 Å². The molecule has 1 aromatic carbocycles. The Morgan fingerprint density at radius 3 is 2.50 bits per heavy atom. The maximum Gasteiger partial charge on any atom is 0.188 e. The van der Waals surface area contributed by atoms with Crippen LogP contribution in [0.15, 0.2) is 35.7 Å². The van der Waals surface area contributed by atoms with Crippen LogP contribution in [0.4, 0.5) is 4.39 Å². The Morgan fingerprint density at radius 1 is 1.23 bits per heavy atom. The van der Waals surface area contributed by atoms with Gasteiger partial charge in [-0.3, -0.25) is 0 Å². The third-order valence-electron chi connectivity index (χ3n) is 3.32. The second-order valence-electron chi connectivity index (χ2n) is 6.49. The summed E-state index contributed by atoms with van der Waals surface area (Å²) in [6.07, 6.45) is 3.23. The van der Waals surface area contributed by atoms with E-state index in [0.29, 0.717) is 16.4 Å². The van der Waals surface area contributed by atoms with Crippen LogP contribution < -0.4 is 0 Å². The minimum absolute atomic E-state index is 0.0118. The number of rotatable bonds is 3. The molecule has 0 spiro atoms. The zero-order valence-corrected chi connectivity index (χ0v) is 15.9. The molecule has 26 heavy (non-hydrogen) atoms. The summed E-state index contributed by atoms with van der Waals surface area (Å²) < 4.78 is 14.1. The predicted octanol–water partition coefficient (Wildman–Crippen LogP) is 5.09. The highest BCUT2D eigenvalue weighted by Crippen LogP contribution is 2.33. The van der Waals surface area contributed by atoms with E-state index in [1.807, 2.05) is 6.07 Å². The number of imidazole rings is 1. The predicted molar refractivity (Wildman–Crippen MR) is 100 cm³/mol. The Bertz CT molecular complexity index is 966. The molecule has 0 atom stereocenters. The lowest BCUT2D eigenvalue weighted by atomic mass is 10.2. The molecule has 0 saturated heterocycles. The number of hydrogen-bond acceptors (Lipinski definition) is 5. The van der Waals surface area contributed by atoms with Crippen LogP contribution in [0.25, 0.3) is 22.6 Å². The van der Waals surface area contributed by atoms with Crippen molar-refractivity contribution in [1.82, 2.24) is 19.9 Å². The maximum absolute atomic E-state index is 14.1. The van der Waals surface area contributed by atoms with Crippen molar-refractivity contribution in [2.24, 2.45) is 0 Å². The van der Waals surface area contributed by atoms with Crippen LogP contribution in [0.3, 0.4) is 0 Å². The van der Waals surface area contributed by atoms with Crippen molar-refractivity contribution in [2.45, 2.75) is 30.7 Å². The fourth-order valence-corrected chi connectivity index (χ4v) is 3.29. The zero-order chi connectivity index (χ0) is 18.9. The molecule has 0 aliphatic carbocycles. The second-order valence-corrected chi connectivity index (χ2v) is 8.69. The monoisotopic (exact) mass is 387 g/mol. The van der Waals surface area contributed by atoms with Crippen LogP contribution in [0.1, 0.15) is 26.5 Å². The fraction of sp³-hybridized carbons (Fsp3) is 0.222. The first-order valence-electron chi connectivity index (χ1n) is 7.74. The number of hydrogen-bond donors (Lipinski definition) is 1. The number of nitrogens with zero attached hydrogens (tertiary/aromatic N) is 4. The van der Waals surface area contributed by atoms with Gasteiger partial charge in [0, 0.05) is 22.7 Å². The van der Waals surface area contributed by atoms with E-state index in [4.69, 9.17) is 11.6 Å². The highest BCUT2D eigenvalue weighted by Gasteiger charge is 2.19. The Morgan fingerprint density at radius 2 is 1.92 bits per heavy atom. The molecule has 0 unspecified atom stereocenters. The molecule has 5 nitrogen and oxygen atoms in total. The molecule has 0 bridgehead atoms. The fourth-order valence-electron chi connectivity index (χ4n) is 2.28. The van der Waals surface area contributed by atoms with E-state index < -0.39 is 5.82 Å². The molecule has 8 heteroatoms. The summed E-state index contributed by atoms with van der Waals surface area (Å²) in [6.45, 7) is 6.21. The van der Waals surface area contributed by atoms with Gasteiger partial charge in [-0.2, -0.15) is 5.26 Å². The molecular weight excluding hydrogens is 373 g/mol. The molecule has 3 aromatic rings. The van der Waals surface area contributed by atoms with Gasteiger partial charge >= 0.3 is 0 Å². The number of thioether (sulfide) groups is 1. The molecule has 0 aliphatic rings.